The molecule has 26 heavy (non-hydrogen) atoms. The molecule has 6 nitrogen and oxygen atoms in total. The van der Waals surface area contributed by atoms with E-state index in [0.29, 0.717) is 18.6 Å². The Morgan fingerprint density at radius 3 is 2.65 bits per heavy atom. The second kappa shape index (κ2) is 6.74. The SMILES string of the molecule is COC(=O)C1CC=C(c2ccc3c(n2)n(C)c(=O)n3CC(C)(C)C)CC1. The number of carbonyl (C=O) groups excluding carboxylic acids is 1. The summed E-state index contributed by atoms with van der Waals surface area (Å²) >= 11 is 0. The van der Waals surface area contributed by atoms with E-state index in [-0.39, 0.29) is 23.0 Å². The van der Waals surface area contributed by atoms with E-state index in [0.717, 1.165) is 29.6 Å². The molecule has 0 aliphatic heterocycles. The van der Waals surface area contributed by atoms with Gasteiger partial charge >= 0.3 is 11.7 Å². The average Bonchev–Trinajstić information content (AvgIpc) is 2.84. The Morgan fingerprint density at radius 2 is 2.08 bits per heavy atom. The van der Waals surface area contributed by atoms with E-state index >= 15 is 0 Å². The highest BCUT2D eigenvalue weighted by molar-refractivity contribution is 5.78. The fourth-order valence-electron chi connectivity index (χ4n) is 3.53. The Kier molecular flexibility index (Phi) is 4.78. The van der Waals surface area contributed by atoms with E-state index < -0.39 is 0 Å². The number of aromatic nitrogens is 3. The van der Waals surface area contributed by atoms with E-state index in [1.807, 2.05) is 12.1 Å². The van der Waals surface area contributed by atoms with Crippen molar-refractivity contribution in [3.63, 3.8) is 0 Å². The highest BCUT2D eigenvalue weighted by atomic mass is 16.5. The number of hydrogen-bond acceptors (Lipinski definition) is 4. The summed E-state index contributed by atoms with van der Waals surface area (Å²) in [6.45, 7) is 6.99. The maximum atomic E-state index is 12.6. The number of fused-ring (bicyclic) bond motifs is 1. The normalized spacial score (nSPS) is 18.0. The number of hydrogen-bond donors (Lipinski definition) is 0. The molecule has 0 saturated heterocycles. The lowest BCUT2D eigenvalue weighted by atomic mass is 9.88. The Balaban J connectivity index is 1.96. The van der Waals surface area contributed by atoms with Crippen LogP contribution in [0.2, 0.25) is 0 Å². The van der Waals surface area contributed by atoms with Gasteiger partial charge in [0.15, 0.2) is 5.65 Å². The molecule has 0 spiro atoms. The van der Waals surface area contributed by atoms with Gasteiger partial charge in [-0.15, -0.1) is 0 Å². The number of carbonyl (C=O) groups is 1. The highest BCUT2D eigenvalue weighted by Gasteiger charge is 2.24. The van der Waals surface area contributed by atoms with E-state index in [4.69, 9.17) is 9.72 Å². The molecule has 140 valence electrons. The maximum Gasteiger partial charge on any atom is 0.330 e. The summed E-state index contributed by atoms with van der Waals surface area (Å²) in [7, 11) is 3.20. The predicted molar refractivity (Wildman–Crippen MR) is 102 cm³/mol. The topological polar surface area (TPSA) is 66.1 Å². The molecule has 0 fully saturated rings. The minimum absolute atomic E-state index is 0.00553. The van der Waals surface area contributed by atoms with Gasteiger partial charge in [0.2, 0.25) is 0 Å². The highest BCUT2D eigenvalue weighted by Crippen LogP contribution is 2.31. The minimum atomic E-state index is -0.148. The van der Waals surface area contributed by atoms with Gasteiger partial charge in [0.25, 0.3) is 0 Å². The lowest BCUT2D eigenvalue weighted by Gasteiger charge is -2.20. The van der Waals surface area contributed by atoms with Crippen LogP contribution >= 0.6 is 0 Å². The van der Waals surface area contributed by atoms with Crippen molar-refractivity contribution in [1.29, 1.82) is 0 Å². The third-order valence-corrected chi connectivity index (χ3v) is 4.89. The third kappa shape index (κ3) is 3.45. The Labute approximate surface area is 153 Å². The van der Waals surface area contributed by atoms with Crippen LogP contribution in [0.15, 0.2) is 23.0 Å². The van der Waals surface area contributed by atoms with Gasteiger partial charge < -0.3 is 4.74 Å². The first-order valence-corrected chi connectivity index (χ1v) is 9.05. The van der Waals surface area contributed by atoms with E-state index in [1.54, 1.807) is 16.2 Å². The summed E-state index contributed by atoms with van der Waals surface area (Å²) in [4.78, 5) is 29.1. The van der Waals surface area contributed by atoms with Crippen molar-refractivity contribution in [3.05, 3.63) is 34.4 Å². The zero-order valence-electron chi connectivity index (χ0n) is 16.2. The number of esters is 1. The van der Waals surface area contributed by atoms with Crippen LogP contribution < -0.4 is 5.69 Å². The summed E-state index contributed by atoms with van der Waals surface area (Å²) in [6, 6.07) is 3.96. The molecule has 1 aliphatic rings. The summed E-state index contributed by atoms with van der Waals surface area (Å²) < 4.78 is 8.25. The summed E-state index contributed by atoms with van der Waals surface area (Å²) in [6.07, 6.45) is 4.30. The smallest absolute Gasteiger partial charge is 0.330 e. The molecule has 0 saturated carbocycles. The molecular formula is C20H27N3O3. The van der Waals surface area contributed by atoms with Crippen LogP contribution in [0.25, 0.3) is 16.7 Å². The van der Waals surface area contributed by atoms with Crippen molar-refractivity contribution in [1.82, 2.24) is 14.1 Å². The van der Waals surface area contributed by atoms with Gasteiger partial charge in [0, 0.05) is 13.6 Å². The van der Waals surface area contributed by atoms with E-state index in [1.165, 1.54) is 7.11 Å². The standard InChI is InChI=1S/C20H27N3O3/c1-20(2,3)12-23-16-11-10-15(21-17(16)22(4)19(23)25)13-6-8-14(9-7-13)18(24)26-5/h6,10-11,14H,7-9,12H2,1-5H3. The summed E-state index contributed by atoms with van der Waals surface area (Å²) in [5.41, 5.74) is 3.54. The van der Waals surface area contributed by atoms with Gasteiger partial charge in [0.1, 0.15) is 0 Å². The first-order chi connectivity index (χ1) is 12.2. The number of nitrogens with zero attached hydrogens (tertiary/aromatic N) is 3. The molecule has 0 radical (unpaired) electrons. The lowest BCUT2D eigenvalue weighted by molar-refractivity contribution is -0.145. The van der Waals surface area contributed by atoms with Gasteiger partial charge in [-0.1, -0.05) is 26.8 Å². The number of aryl methyl sites for hydroxylation is 1. The van der Waals surface area contributed by atoms with E-state index in [2.05, 4.69) is 26.8 Å². The van der Waals surface area contributed by atoms with Crippen molar-refractivity contribution in [3.8, 4) is 0 Å². The first kappa shape index (κ1) is 18.4. The number of imidazole rings is 1. The number of allylic oxidation sites excluding steroid dienone is 2. The second-order valence-electron chi connectivity index (χ2n) is 8.25. The maximum absolute atomic E-state index is 12.6. The van der Waals surface area contributed by atoms with Gasteiger partial charge in [-0.05, 0) is 42.4 Å². The molecule has 2 heterocycles. The zero-order valence-corrected chi connectivity index (χ0v) is 16.2. The molecule has 0 bridgehead atoms. The summed E-state index contributed by atoms with van der Waals surface area (Å²) in [5.74, 6) is -0.213. The molecule has 3 rings (SSSR count). The fraction of sp³-hybridized carbons (Fsp3) is 0.550. The number of ether oxygens (including phenoxy) is 1. The molecular weight excluding hydrogens is 330 g/mol. The number of pyridine rings is 1. The van der Waals surface area contributed by atoms with Crippen LogP contribution in [0.3, 0.4) is 0 Å². The van der Waals surface area contributed by atoms with Crippen LogP contribution in [0.1, 0.15) is 45.7 Å². The molecule has 1 atom stereocenters. The van der Waals surface area contributed by atoms with E-state index in [9.17, 15) is 9.59 Å². The molecule has 1 aliphatic carbocycles. The van der Waals surface area contributed by atoms with Crippen LogP contribution in [0.4, 0.5) is 0 Å². The Hall–Kier alpha value is -2.37. The van der Waals surface area contributed by atoms with Gasteiger partial charge in [-0.2, -0.15) is 0 Å². The van der Waals surface area contributed by atoms with Crippen LogP contribution in [-0.2, 0) is 23.1 Å². The van der Waals surface area contributed by atoms with Crippen molar-refractivity contribution < 1.29 is 9.53 Å². The fourth-order valence-corrected chi connectivity index (χ4v) is 3.53. The molecule has 2 aromatic heterocycles. The van der Waals surface area contributed by atoms with Crippen molar-refractivity contribution in [2.45, 2.75) is 46.6 Å². The predicted octanol–water partition coefficient (Wildman–Crippen LogP) is 3.14. The molecule has 0 amide bonds. The van der Waals surface area contributed by atoms with Crippen LogP contribution in [-0.4, -0.2) is 27.2 Å². The second-order valence-corrected chi connectivity index (χ2v) is 8.25. The monoisotopic (exact) mass is 357 g/mol. The third-order valence-electron chi connectivity index (χ3n) is 4.89. The Morgan fingerprint density at radius 1 is 1.35 bits per heavy atom. The van der Waals surface area contributed by atoms with Crippen molar-refractivity contribution >= 4 is 22.7 Å². The quantitative estimate of drug-likeness (QED) is 0.792. The molecule has 1 unspecified atom stereocenters. The molecule has 2 aromatic rings. The molecule has 0 aromatic carbocycles. The number of methoxy groups -OCH3 is 1. The summed E-state index contributed by atoms with van der Waals surface area (Å²) in [5, 5.41) is 0. The van der Waals surface area contributed by atoms with Crippen LogP contribution in [0.5, 0.6) is 0 Å². The van der Waals surface area contributed by atoms with Crippen molar-refractivity contribution in [2.75, 3.05) is 7.11 Å². The zero-order chi connectivity index (χ0) is 19.1. The first-order valence-electron chi connectivity index (χ1n) is 9.05. The number of rotatable bonds is 3. The lowest BCUT2D eigenvalue weighted by Crippen LogP contribution is -2.27. The Bertz CT molecular complexity index is 928. The van der Waals surface area contributed by atoms with Crippen LogP contribution in [0, 0.1) is 11.3 Å². The van der Waals surface area contributed by atoms with Gasteiger partial charge in [-0.25, -0.2) is 9.78 Å². The minimum Gasteiger partial charge on any atom is -0.469 e. The largest absolute Gasteiger partial charge is 0.469 e. The van der Waals surface area contributed by atoms with Gasteiger partial charge in [0.05, 0.1) is 24.2 Å². The van der Waals surface area contributed by atoms with Gasteiger partial charge in [-0.3, -0.25) is 13.9 Å². The average molecular weight is 357 g/mol. The van der Waals surface area contributed by atoms with Crippen molar-refractivity contribution in [2.24, 2.45) is 18.4 Å². The molecule has 6 heteroatoms. The molecule has 0 N–H and O–H groups in total.